The quantitative estimate of drug-likeness (QED) is 0.364. The maximum atomic E-state index is 14.0. The summed E-state index contributed by atoms with van der Waals surface area (Å²) in [6, 6.07) is 8.75. The summed E-state index contributed by atoms with van der Waals surface area (Å²) < 4.78 is 70.2. The standard InChI is InChI=1S/C14H6Br2F5S/c15-8-5-9(16)7-10(6-8)22-14(20,21)13(18,19)11-3-1-2-4-12(11)17/h1-4,6-7H. The lowest BCUT2D eigenvalue weighted by atomic mass is 10.1. The zero-order valence-electron chi connectivity index (χ0n) is 10.5. The zero-order valence-corrected chi connectivity index (χ0v) is 14.5. The van der Waals surface area contributed by atoms with Crippen LogP contribution in [0.2, 0.25) is 0 Å². The van der Waals surface area contributed by atoms with Gasteiger partial charge in [0.05, 0.1) is 5.56 Å². The second kappa shape index (κ2) is 6.49. The van der Waals surface area contributed by atoms with Crippen molar-refractivity contribution in [2.45, 2.75) is 16.1 Å². The van der Waals surface area contributed by atoms with E-state index in [-0.39, 0.29) is 16.7 Å². The number of halogens is 7. The van der Waals surface area contributed by atoms with E-state index in [1.54, 1.807) is 0 Å². The van der Waals surface area contributed by atoms with Crippen molar-refractivity contribution in [3.8, 4) is 0 Å². The normalized spacial score (nSPS) is 12.5. The lowest BCUT2D eigenvalue weighted by Gasteiger charge is -2.26. The van der Waals surface area contributed by atoms with Gasteiger partial charge in [-0.2, -0.15) is 17.6 Å². The fraction of sp³-hybridized carbons (Fsp3) is 0.143. The first-order valence-corrected chi connectivity index (χ1v) is 8.12. The summed E-state index contributed by atoms with van der Waals surface area (Å²) in [5.41, 5.74) is -1.34. The molecule has 0 aliphatic carbocycles. The molecule has 2 rings (SSSR count). The summed E-state index contributed by atoms with van der Waals surface area (Å²) >= 11 is 5.73. The van der Waals surface area contributed by atoms with E-state index >= 15 is 0 Å². The molecule has 1 radical (unpaired) electrons. The predicted molar refractivity (Wildman–Crippen MR) is 81.8 cm³/mol. The van der Waals surface area contributed by atoms with E-state index in [4.69, 9.17) is 0 Å². The number of rotatable bonds is 4. The van der Waals surface area contributed by atoms with Gasteiger partial charge in [0.1, 0.15) is 5.82 Å². The summed E-state index contributed by atoms with van der Waals surface area (Å²) in [6.07, 6.45) is 0. The Morgan fingerprint density at radius 1 is 0.955 bits per heavy atom. The molecule has 0 saturated carbocycles. The molecule has 0 spiro atoms. The summed E-state index contributed by atoms with van der Waals surface area (Å²) in [7, 11) is 0. The topological polar surface area (TPSA) is 0 Å². The Kier molecular flexibility index (Phi) is 5.23. The molecule has 0 N–H and O–H groups in total. The minimum atomic E-state index is -4.67. The maximum Gasteiger partial charge on any atom is 0.364 e. The van der Waals surface area contributed by atoms with Crippen molar-refractivity contribution >= 4 is 43.6 Å². The first-order chi connectivity index (χ1) is 10.1. The summed E-state index contributed by atoms with van der Waals surface area (Å²) in [5, 5.41) is -4.53. The van der Waals surface area contributed by atoms with E-state index in [0.29, 0.717) is 21.1 Å². The monoisotopic (exact) mass is 459 g/mol. The van der Waals surface area contributed by atoms with Crippen LogP contribution < -0.4 is 0 Å². The highest BCUT2D eigenvalue weighted by Gasteiger charge is 2.59. The number of alkyl halides is 4. The molecule has 0 aromatic heterocycles. The Morgan fingerprint density at radius 2 is 1.50 bits per heavy atom. The molecule has 8 heteroatoms. The van der Waals surface area contributed by atoms with Gasteiger partial charge in [-0.05, 0) is 36.0 Å². The van der Waals surface area contributed by atoms with E-state index < -0.39 is 22.6 Å². The molecular formula is C14H6Br2F5S. The largest absolute Gasteiger partial charge is 0.364 e. The van der Waals surface area contributed by atoms with Crippen molar-refractivity contribution in [1.82, 2.24) is 0 Å². The van der Waals surface area contributed by atoms with E-state index in [0.717, 1.165) is 12.1 Å². The molecule has 0 nitrogen and oxygen atoms in total. The summed E-state index contributed by atoms with van der Waals surface area (Å²) in [6.45, 7) is 0. The smallest absolute Gasteiger partial charge is 0.206 e. The Labute approximate surface area is 144 Å². The van der Waals surface area contributed by atoms with Crippen molar-refractivity contribution in [2.24, 2.45) is 0 Å². The Bertz CT molecular complexity index is 670. The summed E-state index contributed by atoms with van der Waals surface area (Å²) in [5.74, 6) is -6.04. The lowest BCUT2D eigenvalue weighted by molar-refractivity contribution is -0.160. The molecule has 0 atom stereocenters. The van der Waals surface area contributed by atoms with Gasteiger partial charge in [-0.3, -0.25) is 0 Å². The second-order valence-corrected chi connectivity index (χ2v) is 7.08. The third kappa shape index (κ3) is 3.65. The van der Waals surface area contributed by atoms with Crippen LogP contribution in [-0.4, -0.2) is 5.25 Å². The van der Waals surface area contributed by atoms with Crippen LogP contribution in [-0.2, 0) is 5.92 Å². The van der Waals surface area contributed by atoms with E-state index in [1.807, 2.05) is 0 Å². The molecule has 22 heavy (non-hydrogen) atoms. The molecule has 0 aliphatic rings. The predicted octanol–water partition coefficient (Wildman–Crippen LogP) is 6.63. The Balaban J connectivity index is 2.38. The highest BCUT2D eigenvalue weighted by atomic mass is 79.9. The Hall–Kier alpha value is -0.600. The van der Waals surface area contributed by atoms with Gasteiger partial charge in [-0.25, -0.2) is 4.39 Å². The van der Waals surface area contributed by atoms with Gasteiger partial charge in [-0.15, -0.1) is 0 Å². The van der Waals surface area contributed by atoms with Crippen molar-refractivity contribution in [1.29, 1.82) is 0 Å². The molecule has 0 heterocycles. The highest BCUT2D eigenvalue weighted by molar-refractivity contribution is 9.11. The summed E-state index contributed by atoms with van der Waals surface area (Å²) in [4.78, 5) is -0.112. The molecule has 117 valence electrons. The molecule has 0 unspecified atom stereocenters. The van der Waals surface area contributed by atoms with Gasteiger partial charge < -0.3 is 0 Å². The van der Waals surface area contributed by atoms with Crippen LogP contribution in [0, 0.1) is 11.9 Å². The minimum Gasteiger partial charge on any atom is -0.206 e. The van der Waals surface area contributed by atoms with Gasteiger partial charge >= 0.3 is 11.2 Å². The van der Waals surface area contributed by atoms with Crippen LogP contribution in [0.5, 0.6) is 0 Å². The molecule has 2 aromatic rings. The van der Waals surface area contributed by atoms with Gasteiger partial charge in [0.25, 0.3) is 0 Å². The average molecular weight is 461 g/mol. The van der Waals surface area contributed by atoms with Crippen molar-refractivity contribution in [3.05, 3.63) is 62.8 Å². The second-order valence-electron chi connectivity index (χ2n) is 4.18. The van der Waals surface area contributed by atoms with E-state index in [9.17, 15) is 22.0 Å². The van der Waals surface area contributed by atoms with Gasteiger partial charge in [0.2, 0.25) is 0 Å². The van der Waals surface area contributed by atoms with E-state index in [2.05, 4.69) is 37.9 Å². The van der Waals surface area contributed by atoms with Crippen molar-refractivity contribution < 1.29 is 22.0 Å². The van der Waals surface area contributed by atoms with E-state index in [1.165, 1.54) is 12.1 Å². The Morgan fingerprint density at radius 3 is 2.05 bits per heavy atom. The van der Waals surface area contributed by atoms with Crippen LogP contribution in [0.3, 0.4) is 0 Å². The third-order valence-corrected chi connectivity index (χ3v) is 4.44. The molecule has 0 bridgehead atoms. The first-order valence-electron chi connectivity index (χ1n) is 5.71. The fourth-order valence-electron chi connectivity index (χ4n) is 1.62. The van der Waals surface area contributed by atoms with Crippen LogP contribution in [0.15, 0.2) is 50.2 Å². The number of thioether (sulfide) groups is 1. The molecule has 2 aromatic carbocycles. The first kappa shape index (κ1) is 17.7. The average Bonchev–Trinajstić information content (AvgIpc) is 2.36. The third-order valence-electron chi connectivity index (χ3n) is 2.60. The number of benzene rings is 2. The fourth-order valence-corrected chi connectivity index (χ4v) is 4.00. The van der Waals surface area contributed by atoms with Crippen LogP contribution in [0.25, 0.3) is 0 Å². The van der Waals surface area contributed by atoms with Gasteiger partial charge in [0, 0.05) is 19.9 Å². The van der Waals surface area contributed by atoms with Gasteiger partial charge in [-0.1, -0.05) is 44.0 Å². The lowest BCUT2D eigenvalue weighted by Crippen LogP contribution is -2.35. The molecule has 0 saturated heterocycles. The molecule has 0 aliphatic heterocycles. The van der Waals surface area contributed by atoms with Crippen LogP contribution in [0.4, 0.5) is 22.0 Å². The van der Waals surface area contributed by atoms with Gasteiger partial charge in [0.15, 0.2) is 0 Å². The zero-order chi connectivity index (χ0) is 16.5. The number of hydrogen-bond acceptors (Lipinski definition) is 1. The molecule has 0 fully saturated rings. The highest BCUT2D eigenvalue weighted by Crippen LogP contribution is 2.53. The maximum absolute atomic E-state index is 14.0. The van der Waals surface area contributed by atoms with Crippen LogP contribution in [0.1, 0.15) is 5.56 Å². The SMILES string of the molecule is Fc1ccccc1C(F)(F)C(F)(F)Sc1cc(Br)[c]c(Br)c1. The van der Waals surface area contributed by atoms with Crippen molar-refractivity contribution in [2.75, 3.05) is 0 Å². The minimum absolute atomic E-state index is 0.112. The van der Waals surface area contributed by atoms with Crippen LogP contribution >= 0.6 is 43.6 Å². The molecule has 0 amide bonds. The molecular weight excluding hydrogens is 455 g/mol. The van der Waals surface area contributed by atoms with Crippen molar-refractivity contribution in [3.63, 3.8) is 0 Å². The number of hydrogen-bond donors (Lipinski definition) is 0.